The number of nitrogens with zero attached hydrogens (tertiary/aromatic N) is 1. The van der Waals surface area contributed by atoms with E-state index in [0.29, 0.717) is 17.1 Å². The average Bonchev–Trinajstić information content (AvgIpc) is 2.65. The highest BCUT2D eigenvalue weighted by molar-refractivity contribution is 8.03. The molecule has 0 saturated heterocycles. The first-order chi connectivity index (χ1) is 14.0. The number of hydrogen-bond donors (Lipinski definition) is 3. The summed E-state index contributed by atoms with van der Waals surface area (Å²) < 4.78 is 0. The van der Waals surface area contributed by atoms with Crippen LogP contribution in [0.5, 0.6) is 5.75 Å². The minimum atomic E-state index is -0.185. The normalized spacial score (nSPS) is 15.5. The molecule has 0 atom stereocenters. The summed E-state index contributed by atoms with van der Waals surface area (Å²) in [6.07, 6.45) is 5.59. The number of benzene rings is 2. The zero-order valence-electron chi connectivity index (χ0n) is 18.4. The van der Waals surface area contributed by atoms with Crippen molar-refractivity contribution >= 4 is 28.9 Å². The van der Waals surface area contributed by atoms with Gasteiger partial charge in [-0.2, -0.15) is 5.10 Å². The van der Waals surface area contributed by atoms with Crippen LogP contribution in [0.25, 0.3) is 0 Å². The van der Waals surface area contributed by atoms with Crippen LogP contribution in [-0.2, 0) is 5.41 Å². The molecule has 30 heavy (non-hydrogen) atoms. The highest BCUT2D eigenvalue weighted by Crippen LogP contribution is 2.37. The third-order valence-electron chi connectivity index (χ3n) is 4.89. The Labute approximate surface area is 183 Å². The highest BCUT2D eigenvalue weighted by atomic mass is 32.2. The minimum absolute atomic E-state index is 0.185. The number of rotatable bonds is 4. The standard InChI is InChI=1S/C25H29N3OS/c1-15-7-10-23(17(3)11-15)30-18-8-9-20(26)21(14-18)27-28-22-13-16(2)12-19(24(22)29)25(4,5)6/h7-14,26,28-29H,1-6H3/b26-20?,27-21-. The maximum Gasteiger partial charge on any atom is 0.144 e. The van der Waals surface area contributed by atoms with Gasteiger partial charge < -0.3 is 5.11 Å². The van der Waals surface area contributed by atoms with Gasteiger partial charge in [0.2, 0.25) is 0 Å². The van der Waals surface area contributed by atoms with Crippen LogP contribution in [0, 0.1) is 26.2 Å². The van der Waals surface area contributed by atoms with Gasteiger partial charge in [0.15, 0.2) is 0 Å². The molecule has 0 spiro atoms. The predicted octanol–water partition coefficient (Wildman–Crippen LogP) is 6.65. The number of aromatic hydroxyl groups is 1. The Hall–Kier alpha value is -2.79. The van der Waals surface area contributed by atoms with Crippen molar-refractivity contribution in [2.24, 2.45) is 5.10 Å². The number of anilines is 1. The van der Waals surface area contributed by atoms with Crippen molar-refractivity contribution in [3.05, 3.63) is 75.7 Å². The summed E-state index contributed by atoms with van der Waals surface area (Å²) in [6.45, 7) is 12.4. The molecule has 5 heteroatoms. The maximum absolute atomic E-state index is 10.7. The molecule has 0 saturated carbocycles. The smallest absolute Gasteiger partial charge is 0.144 e. The van der Waals surface area contributed by atoms with Crippen LogP contribution in [0.4, 0.5) is 5.69 Å². The molecule has 0 heterocycles. The van der Waals surface area contributed by atoms with Crippen molar-refractivity contribution in [2.75, 3.05) is 5.43 Å². The van der Waals surface area contributed by atoms with Gasteiger partial charge in [-0.05, 0) is 67.7 Å². The Balaban J connectivity index is 1.87. The van der Waals surface area contributed by atoms with Gasteiger partial charge in [-0.15, -0.1) is 0 Å². The number of phenolic OH excluding ortho intramolecular Hbond substituents is 1. The summed E-state index contributed by atoms with van der Waals surface area (Å²) in [5.41, 5.74) is 8.58. The fraction of sp³-hybridized carbons (Fsp3) is 0.280. The summed E-state index contributed by atoms with van der Waals surface area (Å²) in [6, 6.07) is 10.3. The molecule has 0 radical (unpaired) electrons. The fourth-order valence-corrected chi connectivity index (χ4v) is 4.18. The number of hydrazone groups is 1. The van der Waals surface area contributed by atoms with E-state index in [0.717, 1.165) is 16.0 Å². The quantitative estimate of drug-likeness (QED) is 0.295. The van der Waals surface area contributed by atoms with Gasteiger partial charge in [0.05, 0.1) is 11.4 Å². The Kier molecular flexibility index (Phi) is 6.22. The molecule has 0 aromatic heterocycles. The van der Waals surface area contributed by atoms with E-state index >= 15 is 0 Å². The number of allylic oxidation sites excluding steroid dienone is 3. The Morgan fingerprint density at radius 1 is 1.00 bits per heavy atom. The zero-order valence-corrected chi connectivity index (χ0v) is 19.2. The molecule has 4 nitrogen and oxygen atoms in total. The molecule has 2 aromatic carbocycles. The Morgan fingerprint density at radius 2 is 1.73 bits per heavy atom. The van der Waals surface area contributed by atoms with Crippen LogP contribution >= 0.6 is 11.8 Å². The second kappa shape index (κ2) is 8.52. The van der Waals surface area contributed by atoms with Crippen LogP contribution < -0.4 is 5.43 Å². The van der Waals surface area contributed by atoms with E-state index in [4.69, 9.17) is 5.41 Å². The summed E-state index contributed by atoms with van der Waals surface area (Å²) in [5.74, 6) is 0.198. The van der Waals surface area contributed by atoms with E-state index in [1.54, 1.807) is 17.8 Å². The largest absolute Gasteiger partial charge is 0.505 e. The molecule has 0 bridgehead atoms. The summed E-state index contributed by atoms with van der Waals surface area (Å²) in [7, 11) is 0. The third-order valence-corrected chi connectivity index (χ3v) is 6.05. The van der Waals surface area contributed by atoms with Crippen LogP contribution in [0.15, 0.2) is 63.5 Å². The highest BCUT2D eigenvalue weighted by Gasteiger charge is 2.21. The zero-order chi connectivity index (χ0) is 22.1. The first-order valence-electron chi connectivity index (χ1n) is 9.96. The Bertz CT molecular complexity index is 1090. The number of nitrogens with one attached hydrogen (secondary N) is 2. The van der Waals surface area contributed by atoms with E-state index in [1.807, 2.05) is 31.2 Å². The average molecular weight is 420 g/mol. The van der Waals surface area contributed by atoms with Gasteiger partial charge in [0.25, 0.3) is 0 Å². The fourth-order valence-electron chi connectivity index (χ4n) is 3.26. The predicted molar refractivity (Wildman–Crippen MR) is 129 cm³/mol. The number of hydrogen-bond acceptors (Lipinski definition) is 5. The van der Waals surface area contributed by atoms with Gasteiger partial charge in [0.1, 0.15) is 11.5 Å². The molecule has 3 N–H and O–H groups in total. The molecule has 1 aliphatic rings. The lowest BCUT2D eigenvalue weighted by Crippen LogP contribution is -2.14. The molecule has 3 rings (SSSR count). The van der Waals surface area contributed by atoms with Crippen LogP contribution in [-0.4, -0.2) is 16.5 Å². The van der Waals surface area contributed by atoms with Crippen LogP contribution in [0.2, 0.25) is 0 Å². The van der Waals surface area contributed by atoms with Crippen molar-refractivity contribution < 1.29 is 5.11 Å². The van der Waals surface area contributed by atoms with Crippen molar-refractivity contribution in [2.45, 2.75) is 51.9 Å². The topological polar surface area (TPSA) is 68.5 Å². The van der Waals surface area contributed by atoms with Crippen molar-refractivity contribution in [1.29, 1.82) is 5.41 Å². The van der Waals surface area contributed by atoms with E-state index in [9.17, 15) is 5.11 Å². The monoisotopic (exact) mass is 419 g/mol. The van der Waals surface area contributed by atoms with Gasteiger partial charge in [0, 0.05) is 15.4 Å². The summed E-state index contributed by atoms with van der Waals surface area (Å²) >= 11 is 1.66. The maximum atomic E-state index is 10.7. The van der Waals surface area contributed by atoms with Crippen LogP contribution in [0.3, 0.4) is 0 Å². The summed E-state index contributed by atoms with van der Waals surface area (Å²) in [5, 5.41) is 23.4. The molecule has 0 aliphatic heterocycles. The Morgan fingerprint density at radius 3 is 2.40 bits per heavy atom. The molecule has 2 aromatic rings. The van der Waals surface area contributed by atoms with Gasteiger partial charge in [-0.25, -0.2) is 0 Å². The van der Waals surface area contributed by atoms with E-state index < -0.39 is 0 Å². The van der Waals surface area contributed by atoms with Crippen molar-refractivity contribution in [3.63, 3.8) is 0 Å². The molecule has 0 unspecified atom stereocenters. The van der Waals surface area contributed by atoms with Gasteiger partial charge >= 0.3 is 0 Å². The first-order valence-corrected chi connectivity index (χ1v) is 10.8. The molecule has 156 valence electrons. The molecular weight excluding hydrogens is 390 g/mol. The number of thioether (sulfide) groups is 1. The molecule has 1 aliphatic carbocycles. The first kappa shape index (κ1) is 21.9. The minimum Gasteiger partial charge on any atom is -0.505 e. The van der Waals surface area contributed by atoms with Crippen molar-refractivity contribution in [1.82, 2.24) is 0 Å². The summed E-state index contributed by atoms with van der Waals surface area (Å²) in [4.78, 5) is 2.20. The molecule has 0 amide bonds. The lowest BCUT2D eigenvalue weighted by molar-refractivity contribution is 0.448. The second-order valence-electron chi connectivity index (χ2n) is 8.73. The SMILES string of the molecule is Cc1ccc(SC2=C/C(=N/Nc3cc(C)cc(C(C)(C)C)c3O)C(=N)C=C2)c(C)c1. The second-order valence-corrected chi connectivity index (χ2v) is 9.85. The van der Waals surface area contributed by atoms with E-state index in [1.165, 1.54) is 16.0 Å². The number of aryl methyl sites for hydroxylation is 3. The van der Waals surface area contributed by atoms with E-state index in [2.05, 4.69) is 63.3 Å². The van der Waals surface area contributed by atoms with E-state index in [-0.39, 0.29) is 11.2 Å². The lowest BCUT2D eigenvalue weighted by atomic mass is 9.85. The lowest BCUT2D eigenvalue weighted by Gasteiger charge is -2.22. The van der Waals surface area contributed by atoms with Crippen molar-refractivity contribution in [3.8, 4) is 5.75 Å². The molecular formula is C25H29N3OS. The van der Waals surface area contributed by atoms with Gasteiger partial charge in [-0.3, -0.25) is 10.8 Å². The van der Waals surface area contributed by atoms with Gasteiger partial charge in [-0.1, -0.05) is 56.3 Å². The third kappa shape index (κ3) is 5.03. The molecule has 0 fully saturated rings. The number of phenols is 1. The van der Waals surface area contributed by atoms with Crippen LogP contribution in [0.1, 0.15) is 43.0 Å².